The van der Waals surface area contributed by atoms with Crippen molar-refractivity contribution in [2.24, 2.45) is 0 Å². The first-order valence-corrected chi connectivity index (χ1v) is 12.0. The molecule has 1 aromatic heterocycles. The van der Waals surface area contributed by atoms with Crippen molar-refractivity contribution in [3.8, 4) is 5.75 Å². The normalized spacial score (nSPS) is 16.6. The first-order chi connectivity index (χ1) is 17.8. The monoisotopic (exact) mass is 500 g/mol. The molecule has 3 aromatic rings. The maximum Gasteiger partial charge on any atom is 0.338 e. The summed E-state index contributed by atoms with van der Waals surface area (Å²) in [4.78, 5) is 43.9. The molecule has 0 radical (unpaired) electrons. The standard InChI is InChI=1S/C29H28N2O6/c1-4-36-23-11-10-22(16-18(23)3)26(32)24-25(20-12-14-30-15-13-20)31(28(34)27(24)33)17-19-6-8-21(9-7-19)29(35)37-5-2/h6-16,25,32H,4-5,17H2,1-3H3/b26-24-. The van der Waals surface area contributed by atoms with Gasteiger partial charge in [-0.05, 0) is 79.9 Å². The number of benzene rings is 2. The summed E-state index contributed by atoms with van der Waals surface area (Å²) in [6.07, 6.45) is 3.15. The lowest BCUT2D eigenvalue weighted by Crippen LogP contribution is -2.29. The van der Waals surface area contributed by atoms with Crippen LogP contribution in [-0.2, 0) is 20.9 Å². The Hall–Kier alpha value is -4.46. The number of carbonyl (C=O) groups excluding carboxylic acids is 3. The zero-order valence-electron chi connectivity index (χ0n) is 20.9. The van der Waals surface area contributed by atoms with E-state index in [4.69, 9.17) is 9.47 Å². The van der Waals surface area contributed by atoms with Crippen molar-refractivity contribution in [3.63, 3.8) is 0 Å². The highest BCUT2D eigenvalue weighted by molar-refractivity contribution is 6.46. The van der Waals surface area contributed by atoms with E-state index in [-0.39, 0.29) is 24.5 Å². The van der Waals surface area contributed by atoms with Gasteiger partial charge < -0.3 is 19.5 Å². The number of aromatic nitrogens is 1. The van der Waals surface area contributed by atoms with E-state index in [1.54, 1.807) is 73.9 Å². The molecular weight excluding hydrogens is 472 g/mol. The number of ether oxygens (including phenoxy) is 2. The summed E-state index contributed by atoms with van der Waals surface area (Å²) in [5.74, 6) is -1.51. The Bertz CT molecular complexity index is 1350. The van der Waals surface area contributed by atoms with Gasteiger partial charge in [0.2, 0.25) is 0 Å². The summed E-state index contributed by atoms with van der Waals surface area (Å²) >= 11 is 0. The van der Waals surface area contributed by atoms with Crippen molar-refractivity contribution in [2.75, 3.05) is 13.2 Å². The molecular formula is C29H28N2O6. The Kier molecular flexibility index (Phi) is 7.67. The number of Topliss-reactive ketones (excluding diaryl/α,β-unsaturated/α-hetero) is 1. The van der Waals surface area contributed by atoms with Crippen molar-refractivity contribution in [1.82, 2.24) is 9.88 Å². The van der Waals surface area contributed by atoms with Crippen LogP contribution >= 0.6 is 0 Å². The van der Waals surface area contributed by atoms with Gasteiger partial charge in [-0.3, -0.25) is 14.6 Å². The minimum absolute atomic E-state index is 0.00269. The smallest absolute Gasteiger partial charge is 0.338 e. The van der Waals surface area contributed by atoms with Crippen LogP contribution in [0.4, 0.5) is 0 Å². The fraction of sp³-hybridized carbons (Fsp3) is 0.241. The van der Waals surface area contributed by atoms with E-state index >= 15 is 0 Å². The first kappa shape index (κ1) is 25.6. The molecule has 0 saturated carbocycles. The number of aryl methyl sites for hydroxylation is 1. The number of hydrogen-bond donors (Lipinski definition) is 1. The second kappa shape index (κ2) is 11.1. The van der Waals surface area contributed by atoms with E-state index < -0.39 is 23.7 Å². The summed E-state index contributed by atoms with van der Waals surface area (Å²) < 4.78 is 10.6. The molecule has 1 saturated heterocycles. The molecule has 1 aliphatic heterocycles. The summed E-state index contributed by atoms with van der Waals surface area (Å²) in [6.45, 7) is 6.33. The maximum absolute atomic E-state index is 13.3. The number of amides is 1. The Balaban J connectivity index is 1.74. The van der Waals surface area contributed by atoms with Crippen molar-refractivity contribution in [2.45, 2.75) is 33.4 Å². The van der Waals surface area contributed by atoms with Gasteiger partial charge in [-0.25, -0.2) is 4.79 Å². The molecule has 37 heavy (non-hydrogen) atoms. The van der Waals surface area contributed by atoms with Crippen LogP contribution in [0.3, 0.4) is 0 Å². The number of pyridine rings is 1. The number of esters is 1. The fourth-order valence-corrected chi connectivity index (χ4v) is 4.36. The van der Waals surface area contributed by atoms with Crippen molar-refractivity contribution in [1.29, 1.82) is 0 Å². The van der Waals surface area contributed by atoms with Crippen molar-refractivity contribution in [3.05, 3.63) is 100 Å². The molecule has 1 fully saturated rings. The van der Waals surface area contributed by atoms with Gasteiger partial charge in [-0.1, -0.05) is 12.1 Å². The second-order valence-electron chi connectivity index (χ2n) is 8.54. The number of aliphatic hydroxyl groups excluding tert-OH is 1. The molecule has 0 aliphatic carbocycles. The third-order valence-corrected chi connectivity index (χ3v) is 6.13. The lowest BCUT2D eigenvalue weighted by Gasteiger charge is -2.25. The third kappa shape index (κ3) is 5.23. The highest BCUT2D eigenvalue weighted by Gasteiger charge is 2.46. The summed E-state index contributed by atoms with van der Waals surface area (Å²) in [7, 11) is 0. The Labute approximate surface area is 215 Å². The fourth-order valence-electron chi connectivity index (χ4n) is 4.36. The lowest BCUT2D eigenvalue weighted by molar-refractivity contribution is -0.140. The number of carbonyl (C=O) groups is 3. The molecule has 0 bridgehead atoms. The molecule has 8 nitrogen and oxygen atoms in total. The molecule has 1 aliphatic rings. The van der Waals surface area contributed by atoms with Gasteiger partial charge in [0.05, 0.1) is 30.4 Å². The molecule has 8 heteroatoms. The average molecular weight is 501 g/mol. The van der Waals surface area contributed by atoms with E-state index in [1.165, 1.54) is 4.90 Å². The maximum atomic E-state index is 13.3. The summed E-state index contributed by atoms with van der Waals surface area (Å²) in [5.41, 5.74) is 2.96. The van der Waals surface area contributed by atoms with Gasteiger partial charge >= 0.3 is 5.97 Å². The molecule has 4 rings (SSSR count). The van der Waals surface area contributed by atoms with Crippen LogP contribution in [-0.4, -0.2) is 45.9 Å². The largest absolute Gasteiger partial charge is 0.507 e. The SMILES string of the molecule is CCOC(=O)c1ccc(CN2C(=O)C(=O)/C(=C(\O)c3ccc(OCC)c(C)c3)C2c2ccncc2)cc1. The molecule has 0 spiro atoms. The van der Waals surface area contributed by atoms with Crippen LogP contribution in [0.25, 0.3) is 5.76 Å². The molecule has 1 atom stereocenters. The highest BCUT2D eigenvalue weighted by atomic mass is 16.5. The van der Waals surface area contributed by atoms with Crippen LogP contribution in [0.2, 0.25) is 0 Å². The topological polar surface area (TPSA) is 106 Å². The highest BCUT2D eigenvalue weighted by Crippen LogP contribution is 2.40. The van der Waals surface area contributed by atoms with E-state index in [0.29, 0.717) is 34.6 Å². The van der Waals surface area contributed by atoms with E-state index in [2.05, 4.69) is 4.98 Å². The van der Waals surface area contributed by atoms with Crippen LogP contribution < -0.4 is 4.74 Å². The average Bonchev–Trinajstić information content (AvgIpc) is 3.15. The van der Waals surface area contributed by atoms with Crippen molar-refractivity contribution >= 4 is 23.4 Å². The minimum atomic E-state index is -0.820. The van der Waals surface area contributed by atoms with Crippen LogP contribution in [0.5, 0.6) is 5.75 Å². The van der Waals surface area contributed by atoms with Gasteiger partial charge in [-0.15, -0.1) is 0 Å². The van der Waals surface area contributed by atoms with Crippen LogP contribution in [0.15, 0.2) is 72.6 Å². The van der Waals surface area contributed by atoms with E-state index in [1.807, 2.05) is 13.8 Å². The van der Waals surface area contributed by atoms with E-state index in [9.17, 15) is 19.5 Å². The van der Waals surface area contributed by atoms with E-state index in [0.717, 1.165) is 5.56 Å². The number of ketones is 1. The van der Waals surface area contributed by atoms with Gasteiger partial charge in [0.15, 0.2) is 0 Å². The second-order valence-corrected chi connectivity index (χ2v) is 8.54. The van der Waals surface area contributed by atoms with Crippen LogP contribution in [0, 0.1) is 6.92 Å². The predicted octanol–water partition coefficient (Wildman–Crippen LogP) is 4.59. The molecule has 2 heterocycles. The molecule has 1 amide bonds. The number of aliphatic hydroxyl groups is 1. The van der Waals surface area contributed by atoms with Gasteiger partial charge in [0.25, 0.3) is 11.7 Å². The molecule has 1 unspecified atom stereocenters. The Morgan fingerprint density at radius 1 is 0.973 bits per heavy atom. The summed E-state index contributed by atoms with van der Waals surface area (Å²) in [5, 5.41) is 11.3. The lowest BCUT2D eigenvalue weighted by atomic mass is 9.95. The van der Waals surface area contributed by atoms with Gasteiger partial charge in [0.1, 0.15) is 11.5 Å². The number of rotatable bonds is 8. The van der Waals surface area contributed by atoms with Gasteiger partial charge in [0, 0.05) is 24.5 Å². The number of nitrogens with zero attached hydrogens (tertiary/aromatic N) is 2. The summed E-state index contributed by atoms with van der Waals surface area (Å²) in [6, 6.07) is 14.4. The van der Waals surface area contributed by atoms with Crippen LogP contribution in [0.1, 0.15) is 52.5 Å². The van der Waals surface area contributed by atoms with Gasteiger partial charge in [-0.2, -0.15) is 0 Å². The Morgan fingerprint density at radius 3 is 2.27 bits per heavy atom. The molecule has 190 valence electrons. The number of hydrogen-bond acceptors (Lipinski definition) is 7. The first-order valence-electron chi connectivity index (χ1n) is 12.0. The Morgan fingerprint density at radius 2 is 1.65 bits per heavy atom. The third-order valence-electron chi connectivity index (χ3n) is 6.13. The zero-order chi connectivity index (χ0) is 26.5. The molecule has 1 N–H and O–H groups in total. The van der Waals surface area contributed by atoms with Crippen molar-refractivity contribution < 1.29 is 29.0 Å². The quantitative estimate of drug-likeness (QED) is 0.209. The predicted molar refractivity (Wildman–Crippen MR) is 137 cm³/mol. The minimum Gasteiger partial charge on any atom is -0.507 e. The number of likely N-dealkylation sites (tertiary alicyclic amines) is 1. The molecule has 2 aromatic carbocycles. The zero-order valence-corrected chi connectivity index (χ0v) is 20.9.